The molecule has 1 aromatic carbocycles. The van der Waals surface area contributed by atoms with Crippen molar-refractivity contribution >= 4 is 17.5 Å². The van der Waals surface area contributed by atoms with Gasteiger partial charge < -0.3 is 19.9 Å². The van der Waals surface area contributed by atoms with E-state index in [2.05, 4.69) is 10.6 Å². The van der Waals surface area contributed by atoms with Gasteiger partial charge in [0.25, 0.3) is 5.91 Å². The molecule has 1 atom stereocenters. The number of amides is 2. The fraction of sp³-hybridized carbons (Fsp3) is 0.200. The summed E-state index contributed by atoms with van der Waals surface area (Å²) in [7, 11) is 1.36. The monoisotopic (exact) mass is 303 g/mol. The van der Waals surface area contributed by atoms with Gasteiger partial charge in [0, 0.05) is 18.0 Å². The van der Waals surface area contributed by atoms with E-state index < -0.39 is 17.8 Å². The molecule has 0 saturated heterocycles. The number of ether oxygens (including phenoxy) is 1. The lowest BCUT2D eigenvalue weighted by atomic mass is 10.2. The highest BCUT2D eigenvalue weighted by Crippen LogP contribution is 2.21. The second kappa shape index (κ2) is 5.51. The number of hydrogen-bond acceptors (Lipinski definition) is 3. The van der Waals surface area contributed by atoms with Crippen LogP contribution in [0.5, 0.6) is 5.75 Å². The molecule has 2 amide bonds. The molecular formula is C15H14FN3O3. The van der Waals surface area contributed by atoms with Gasteiger partial charge in [-0.2, -0.15) is 0 Å². The second-order valence-electron chi connectivity index (χ2n) is 4.91. The van der Waals surface area contributed by atoms with E-state index in [0.29, 0.717) is 17.9 Å². The zero-order valence-electron chi connectivity index (χ0n) is 11.8. The summed E-state index contributed by atoms with van der Waals surface area (Å²) in [6.45, 7) is 0.332. The maximum atomic E-state index is 13.6. The fourth-order valence-electron chi connectivity index (χ4n) is 2.38. The first-order valence-electron chi connectivity index (χ1n) is 6.69. The average molecular weight is 303 g/mol. The molecule has 3 rings (SSSR count). The van der Waals surface area contributed by atoms with E-state index in [4.69, 9.17) is 4.74 Å². The molecule has 1 aromatic heterocycles. The first-order chi connectivity index (χ1) is 10.6. The first-order valence-corrected chi connectivity index (χ1v) is 6.69. The lowest BCUT2D eigenvalue weighted by Gasteiger charge is -2.24. The van der Waals surface area contributed by atoms with Crippen molar-refractivity contribution in [2.45, 2.75) is 12.6 Å². The number of nitrogens with zero attached hydrogens (tertiary/aromatic N) is 1. The third kappa shape index (κ3) is 2.52. The number of benzene rings is 1. The van der Waals surface area contributed by atoms with E-state index in [-0.39, 0.29) is 11.7 Å². The van der Waals surface area contributed by atoms with Crippen LogP contribution in [0.25, 0.3) is 0 Å². The molecule has 0 spiro atoms. The predicted molar refractivity (Wildman–Crippen MR) is 77.3 cm³/mol. The van der Waals surface area contributed by atoms with Crippen molar-refractivity contribution in [3.8, 4) is 5.75 Å². The van der Waals surface area contributed by atoms with Crippen LogP contribution in [0.4, 0.5) is 10.1 Å². The summed E-state index contributed by atoms with van der Waals surface area (Å²) in [5.41, 5.74) is 0.815. The number of hydrogen-bond donors (Lipinski definition) is 2. The number of anilines is 1. The number of carbonyl (C=O) groups excluding carboxylic acids is 2. The van der Waals surface area contributed by atoms with Gasteiger partial charge in [0.05, 0.1) is 13.7 Å². The highest BCUT2D eigenvalue weighted by Gasteiger charge is 2.28. The topological polar surface area (TPSA) is 72.4 Å². The smallest absolute Gasteiger partial charge is 0.268 e. The van der Waals surface area contributed by atoms with Crippen LogP contribution in [0, 0.1) is 5.82 Å². The zero-order chi connectivity index (χ0) is 15.7. The Bertz CT molecular complexity index is 741. The van der Waals surface area contributed by atoms with Gasteiger partial charge in [-0.15, -0.1) is 0 Å². The Labute approximate surface area is 125 Å². The van der Waals surface area contributed by atoms with Gasteiger partial charge in [-0.3, -0.25) is 9.59 Å². The Kier molecular flexibility index (Phi) is 3.54. The summed E-state index contributed by atoms with van der Waals surface area (Å²) in [4.78, 5) is 24.1. The lowest BCUT2D eigenvalue weighted by molar-refractivity contribution is -0.118. The van der Waals surface area contributed by atoms with E-state index in [0.717, 1.165) is 0 Å². The average Bonchev–Trinajstić information content (AvgIpc) is 2.96. The van der Waals surface area contributed by atoms with E-state index >= 15 is 0 Å². The Hall–Kier alpha value is -2.83. The molecule has 6 nitrogen and oxygen atoms in total. The number of halogens is 1. The van der Waals surface area contributed by atoms with Gasteiger partial charge in [-0.1, -0.05) is 0 Å². The first kappa shape index (κ1) is 14.1. The van der Waals surface area contributed by atoms with Gasteiger partial charge in [0.15, 0.2) is 11.6 Å². The molecule has 2 heterocycles. The summed E-state index contributed by atoms with van der Waals surface area (Å²) >= 11 is 0. The van der Waals surface area contributed by atoms with E-state index in [1.165, 1.54) is 25.3 Å². The Morgan fingerprint density at radius 3 is 3.00 bits per heavy atom. The van der Waals surface area contributed by atoms with Crippen molar-refractivity contribution in [3.05, 3.63) is 48.0 Å². The van der Waals surface area contributed by atoms with Crippen LogP contribution in [-0.4, -0.2) is 29.5 Å². The Morgan fingerprint density at radius 1 is 1.45 bits per heavy atom. The summed E-state index contributed by atoms with van der Waals surface area (Å²) in [6.07, 6.45) is 1.74. The number of rotatable bonds is 3. The molecule has 1 aliphatic heterocycles. The molecule has 0 fully saturated rings. The van der Waals surface area contributed by atoms with Gasteiger partial charge in [-0.25, -0.2) is 4.39 Å². The molecule has 0 radical (unpaired) electrons. The van der Waals surface area contributed by atoms with Crippen molar-refractivity contribution < 1.29 is 18.7 Å². The molecular weight excluding hydrogens is 289 g/mol. The van der Waals surface area contributed by atoms with E-state index in [9.17, 15) is 14.0 Å². The van der Waals surface area contributed by atoms with E-state index in [1.807, 2.05) is 0 Å². The van der Waals surface area contributed by atoms with Crippen LogP contribution in [0.15, 0.2) is 36.5 Å². The molecule has 0 aliphatic carbocycles. The van der Waals surface area contributed by atoms with Gasteiger partial charge in [-0.05, 0) is 24.3 Å². The van der Waals surface area contributed by atoms with Gasteiger partial charge in [0.2, 0.25) is 5.91 Å². The van der Waals surface area contributed by atoms with Crippen molar-refractivity contribution in [3.63, 3.8) is 0 Å². The summed E-state index contributed by atoms with van der Waals surface area (Å²) in [5.74, 6) is -1.18. The minimum Gasteiger partial charge on any atom is -0.494 e. The largest absolute Gasteiger partial charge is 0.494 e. The molecule has 1 aliphatic rings. The number of nitrogens with one attached hydrogen (secondary N) is 2. The summed E-state index contributed by atoms with van der Waals surface area (Å²) in [6, 6.07) is 6.84. The molecule has 2 aromatic rings. The van der Waals surface area contributed by atoms with Crippen molar-refractivity contribution in [2.75, 3.05) is 12.4 Å². The van der Waals surface area contributed by atoms with Crippen molar-refractivity contribution in [1.29, 1.82) is 0 Å². The van der Waals surface area contributed by atoms with Crippen LogP contribution in [0.2, 0.25) is 0 Å². The standard InChI is InChI=1S/C15H14FN3O3/c1-22-13-5-4-9(7-10(13)16)17-14(20)11-8-19-6-2-3-12(19)15(21)18-11/h2-7,11H,8H2,1H3,(H,17,20)(H,18,21). The highest BCUT2D eigenvalue weighted by molar-refractivity contribution is 6.01. The Morgan fingerprint density at radius 2 is 2.27 bits per heavy atom. The SMILES string of the molecule is COc1ccc(NC(=O)C2Cn3cccc3C(=O)N2)cc1F. The van der Waals surface area contributed by atoms with Crippen LogP contribution < -0.4 is 15.4 Å². The molecule has 0 saturated carbocycles. The molecule has 22 heavy (non-hydrogen) atoms. The molecule has 7 heteroatoms. The van der Waals surface area contributed by atoms with E-state index in [1.54, 1.807) is 22.9 Å². The maximum absolute atomic E-state index is 13.6. The number of fused-ring (bicyclic) bond motifs is 1. The molecule has 114 valence electrons. The van der Waals surface area contributed by atoms with Crippen LogP contribution in [0.3, 0.4) is 0 Å². The third-order valence-corrected chi connectivity index (χ3v) is 3.48. The molecule has 1 unspecified atom stereocenters. The fourth-order valence-corrected chi connectivity index (χ4v) is 2.38. The number of carbonyl (C=O) groups is 2. The normalized spacial score (nSPS) is 16.6. The molecule has 2 N–H and O–H groups in total. The zero-order valence-corrected chi connectivity index (χ0v) is 11.8. The van der Waals surface area contributed by atoms with Gasteiger partial charge in [0.1, 0.15) is 11.7 Å². The van der Waals surface area contributed by atoms with Crippen LogP contribution >= 0.6 is 0 Å². The quantitative estimate of drug-likeness (QED) is 0.900. The van der Waals surface area contributed by atoms with Crippen LogP contribution in [-0.2, 0) is 11.3 Å². The van der Waals surface area contributed by atoms with Crippen molar-refractivity contribution in [2.24, 2.45) is 0 Å². The minimum atomic E-state index is -0.711. The summed E-state index contributed by atoms with van der Waals surface area (Å²) in [5, 5.41) is 5.21. The van der Waals surface area contributed by atoms with Gasteiger partial charge >= 0.3 is 0 Å². The number of aromatic nitrogens is 1. The highest BCUT2D eigenvalue weighted by atomic mass is 19.1. The van der Waals surface area contributed by atoms with Crippen LogP contribution in [0.1, 0.15) is 10.5 Å². The predicted octanol–water partition coefficient (Wildman–Crippen LogP) is 1.39. The second-order valence-corrected chi connectivity index (χ2v) is 4.91. The summed E-state index contributed by atoms with van der Waals surface area (Å²) < 4.78 is 20.1. The third-order valence-electron chi connectivity index (χ3n) is 3.48. The molecule has 0 bridgehead atoms. The number of methoxy groups -OCH3 is 1. The lowest BCUT2D eigenvalue weighted by Crippen LogP contribution is -2.50. The minimum absolute atomic E-state index is 0.0981. The maximum Gasteiger partial charge on any atom is 0.268 e. The van der Waals surface area contributed by atoms with Crippen molar-refractivity contribution in [1.82, 2.24) is 9.88 Å². The Balaban J connectivity index is 1.73.